The van der Waals surface area contributed by atoms with E-state index in [4.69, 9.17) is 0 Å². The molecule has 4 aromatic rings. The Morgan fingerprint density at radius 2 is 1.29 bits per heavy atom. The maximum atomic E-state index is 13.0. The summed E-state index contributed by atoms with van der Waals surface area (Å²) in [5, 5.41) is 9.42. The second-order valence-electron chi connectivity index (χ2n) is 7.75. The van der Waals surface area contributed by atoms with E-state index in [1.165, 1.54) is 12.1 Å². The number of aryl methyl sites for hydroxylation is 2. The molecule has 2 N–H and O–H groups in total. The van der Waals surface area contributed by atoms with Crippen molar-refractivity contribution < 1.29 is 22.8 Å². The molecule has 0 aliphatic carbocycles. The summed E-state index contributed by atoms with van der Waals surface area (Å²) >= 11 is 0. The highest BCUT2D eigenvalue weighted by molar-refractivity contribution is 6.06. The van der Waals surface area contributed by atoms with Gasteiger partial charge in [0.05, 0.1) is 11.3 Å². The lowest BCUT2D eigenvalue weighted by Crippen LogP contribution is -2.17. The third-order valence-corrected chi connectivity index (χ3v) is 5.28. The number of hydrogen-bond donors (Lipinski definition) is 2. The fraction of sp³-hybridized carbons (Fsp3) is 0.120. The molecule has 0 radical (unpaired) electrons. The lowest BCUT2D eigenvalue weighted by Gasteiger charge is -2.10. The third-order valence-electron chi connectivity index (χ3n) is 5.28. The van der Waals surface area contributed by atoms with E-state index >= 15 is 0 Å². The fourth-order valence-corrected chi connectivity index (χ4v) is 3.41. The predicted octanol–water partition coefficient (Wildman–Crippen LogP) is 5.41. The van der Waals surface area contributed by atoms with Crippen LogP contribution < -0.4 is 10.6 Å². The number of amides is 2. The SMILES string of the molecule is Cc1ccccc1C(=O)Nc1nc(NC(=O)c2ccccc2C)n(-c2ccc(C(F)(F)F)cc2)n1. The topological polar surface area (TPSA) is 88.9 Å². The Balaban J connectivity index is 1.70. The number of halogens is 3. The predicted molar refractivity (Wildman–Crippen MR) is 125 cm³/mol. The Bertz CT molecular complexity index is 1390. The van der Waals surface area contributed by atoms with Crippen LogP contribution in [0.2, 0.25) is 0 Å². The van der Waals surface area contributed by atoms with Gasteiger partial charge in [-0.25, -0.2) is 0 Å². The molecule has 1 heterocycles. The summed E-state index contributed by atoms with van der Waals surface area (Å²) in [4.78, 5) is 29.8. The number of rotatable bonds is 5. The van der Waals surface area contributed by atoms with Crippen LogP contribution in [0.1, 0.15) is 37.4 Å². The number of carbonyl (C=O) groups excluding carboxylic acids is 2. The maximum Gasteiger partial charge on any atom is 0.416 e. The summed E-state index contributed by atoms with van der Waals surface area (Å²) in [6.07, 6.45) is -4.50. The van der Waals surface area contributed by atoms with E-state index in [2.05, 4.69) is 20.7 Å². The maximum absolute atomic E-state index is 13.0. The summed E-state index contributed by atoms with van der Waals surface area (Å²) in [6, 6.07) is 18.0. The zero-order valence-corrected chi connectivity index (χ0v) is 18.7. The number of anilines is 2. The van der Waals surface area contributed by atoms with Crippen molar-refractivity contribution in [2.24, 2.45) is 0 Å². The van der Waals surface area contributed by atoms with Crippen LogP contribution in [0, 0.1) is 13.8 Å². The molecular weight excluding hydrogens is 459 g/mol. The molecule has 0 saturated heterocycles. The first kappa shape index (κ1) is 23.7. The van der Waals surface area contributed by atoms with Crippen molar-refractivity contribution in [2.75, 3.05) is 10.6 Å². The summed E-state index contributed by atoms with van der Waals surface area (Å²) in [6.45, 7) is 3.54. The molecule has 7 nitrogen and oxygen atoms in total. The van der Waals surface area contributed by atoms with Gasteiger partial charge in [-0.2, -0.15) is 22.8 Å². The smallest absolute Gasteiger partial charge is 0.290 e. The molecule has 1 aromatic heterocycles. The Morgan fingerprint density at radius 1 is 0.771 bits per heavy atom. The molecule has 0 fully saturated rings. The molecular formula is C25H20F3N5O2. The van der Waals surface area contributed by atoms with Gasteiger partial charge >= 0.3 is 6.18 Å². The molecule has 0 aliphatic heterocycles. The van der Waals surface area contributed by atoms with Gasteiger partial charge in [0.2, 0.25) is 5.95 Å². The van der Waals surface area contributed by atoms with Crippen molar-refractivity contribution in [1.82, 2.24) is 14.8 Å². The van der Waals surface area contributed by atoms with Crippen LogP contribution in [0.5, 0.6) is 0 Å². The van der Waals surface area contributed by atoms with Crippen molar-refractivity contribution in [3.63, 3.8) is 0 Å². The average molecular weight is 479 g/mol. The van der Waals surface area contributed by atoms with Gasteiger partial charge in [0.25, 0.3) is 17.8 Å². The molecule has 3 aromatic carbocycles. The summed E-state index contributed by atoms with van der Waals surface area (Å²) in [5.41, 5.74) is 1.63. The van der Waals surface area contributed by atoms with E-state index in [1.807, 2.05) is 0 Å². The Hall–Kier alpha value is -4.47. The molecule has 0 bridgehead atoms. The van der Waals surface area contributed by atoms with E-state index in [0.29, 0.717) is 11.1 Å². The van der Waals surface area contributed by atoms with Crippen LogP contribution in [0.3, 0.4) is 0 Å². The number of nitrogens with zero attached hydrogens (tertiary/aromatic N) is 3. The first-order valence-electron chi connectivity index (χ1n) is 10.5. The van der Waals surface area contributed by atoms with Crippen LogP contribution in [-0.2, 0) is 6.18 Å². The van der Waals surface area contributed by atoms with Crippen molar-refractivity contribution in [3.05, 3.63) is 101 Å². The van der Waals surface area contributed by atoms with E-state index < -0.39 is 23.6 Å². The van der Waals surface area contributed by atoms with Crippen LogP contribution in [0.4, 0.5) is 25.1 Å². The quantitative estimate of drug-likeness (QED) is 0.401. The first-order valence-corrected chi connectivity index (χ1v) is 10.5. The molecule has 35 heavy (non-hydrogen) atoms. The largest absolute Gasteiger partial charge is 0.416 e. The Morgan fingerprint density at radius 3 is 1.80 bits per heavy atom. The van der Waals surface area contributed by atoms with Gasteiger partial charge in [-0.3, -0.25) is 20.2 Å². The minimum atomic E-state index is -4.50. The van der Waals surface area contributed by atoms with Crippen molar-refractivity contribution in [3.8, 4) is 5.69 Å². The Kier molecular flexibility index (Phi) is 6.37. The van der Waals surface area contributed by atoms with Crippen LogP contribution in [-0.4, -0.2) is 26.6 Å². The number of aromatic nitrogens is 3. The number of alkyl halides is 3. The zero-order chi connectivity index (χ0) is 25.2. The summed E-state index contributed by atoms with van der Waals surface area (Å²) < 4.78 is 40.2. The van der Waals surface area contributed by atoms with Gasteiger partial charge in [-0.15, -0.1) is 5.10 Å². The highest BCUT2D eigenvalue weighted by atomic mass is 19.4. The molecule has 10 heteroatoms. The number of carbonyl (C=O) groups is 2. The highest BCUT2D eigenvalue weighted by Gasteiger charge is 2.30. The second-order valence-corrected chi connectivity index (χ2v) is 7.75. The van der Waals surface area contributed by atoms with Crippen molar-refractivity contribution in [2.45, 2.75) is 20.0 Å². The molecule has 0 saturated carbocycles. The standard InChI is InChI=1S/C25H20F3N5O2/c1-15-7-3-5-9-19(15)21(34)29-23-31-24(30-22(35)20-10-6-4-8-16(20)2)33(32-23)18-13-11-17(12-14-18)25(26,27)28/h3-14H,1-2H3,(H2,29,30,31,32,34,35). The number of hydrogen-bond acceptors (Lipinski definition) is 4. The first-order chi connectivity index (χ1) is 16.6. The lowest BCUT2D eigenvalue weighted by molar-refractivity contribution is -0.137. The lowest BCUT2D eigenvalue weighted by atomic mass is 10.1. The highest BCUT2D eigenvalue weighted by Crippen LogP contribution is 2.30. The van der Waals surface area contributed by atoms with E-state index in [0.717, 1.165) is 27.9 Å². The fourth-order valence-electron chi connectivity index (χ4n) is 3.41. The third kappa shape index (κ3) is 5.21. The van der Waals surface area contributed by atoms with Crippen LogP contribution in [0.25, 0.3) is 5.69 Å². The van der Waals surface area contributed by atoms with Crippen molar-refractivity contribution >= 4 is 23.7 Å². The normalized spacial score (nSPS) is 11.2. The molecule has 0 atom stereocenters. The van der Waals surface area contributed by atoms with Gasteiger partial charge in [0.15, 0.2) is 0 Å². The van der Waals surface area contributed by atoms with E-state index in [-0.39, 0.29) is 17.6 Å². The van der Waals surface area contributed by atoms with E-state index in [9.17, 15) is 22.8 Å². The molecule has 2 amide bonds. The Labute approximate surface area is 198 Å². The molecule has 178 valence electrons. The average Bonchev–Trinajstić information content (AvgIpc) is 3.20. The van der Waals surface area contributed by atoms with Crippen molar-refractivity contribution in [1.29, 1.82) is 0 Å². The van der Waals surface area contributed by atoms with Gasteiger partial charge in [-0.1, -0.05) is 36.4 Å². The summed E-state index contributed by atoms with van der Waals surface area (Å²) in [7, 11) is 0. The minimum Gasteiger partial charge on any atom is -0.290 e. The minimum absolute atomic E-state index is 0.0712. The zero-order valence-electron chi connectivity index (χ0n) is 18.7. The second kappa shape index (κ2) is 9.41. The van der Waals surface area contributed by atoms with Gasteiger partial charge < -0.3 is 0 Å². The van der Waals surface area contributed by atoms with Gasteiger partial charge in [0, 0.05) is 11.1 Å². The number of nitrogens with one attached hydrogen (secondary N) is 2. The van der Waals surface area contributed by atoms with E-state index in [1.54, 1.807) is 62.4 Å². The van der Waals surface area contributed by atoms with Gasteiger partial charge in [-0.05, 0) is 61.4 Å². The summed E-state index contributed by atoms with van der Waals surface area (Å²) in [5.74, 6) is -1.15. The monoisotopic (exact) mass is 479 g/mol. The molecule has 0 spiro atoms. The van der Waals surface area contributed by atoms with Gasteiger partial charge in [0.1, 0.15) is 0 Å². The molecule has 0 aliphatic rings. The molecule has 0 unspecified atom stereocenters. The van der Waals surface area contributed by atoms with Crippen LogP contribution >= 0.6 is 0 Å². The number of benzene rings is 3. The van der Waals surface area contributed by atoms with Crippen LogP contribution in [0.15, 0.2) is 72.8 Å². The molecule has 4 rings (SSSR count).